The van der Waals surface area contributed by atoms with E-state index in [2.05, 4.69) is 48.2 Å². The fourth-order valence-electron chi connectivity index (χ4n) is 4.28. The lowest BCUT2D eigenvalue weighted by Gasteiger charge is -2.48. The molecule has 1 saturated carbocycles. The van der Waals surface area contributed by atoms with Crippen molar-refractivity contribution in [2.24, 2.45) is 0 Å². The van der Waals surface area contributed by atoms with Crippen LogP contribution in [0.15, 0.2) is 24.3 Å². The highest BCUT2D eigenvalue weighted by Gasteiger charge is 2.40. The summed E-state index contributed by atoms with van der Waals surface area (Å²) < 4.78 is 10.8. The van der Waals surface area contributed by atoms with Crippen LogP contribution in [0.5, 0.6) is 5.75 Å². The van der Waals surface area contributed by atoms with Crippen molar-refractivity contribution in [2.45, 2.75) is 37.3 Å². The van der Waals surface area contributed by atoms with Gasteiger partial charge in [-0.25, -0.2) is 0 Å². The van der Waals surface area contributed by atoms with Gasteiger partial charge < -0.3 is 9.47 Å². The number of nitrogens with zero attached hydrogens (tertiary/aromatic N) is 2. The maximum absolute atomic E-state index is 5.50. The van der Waals surface area contributed by atoms with Crippen molar-refractivity contribution >= 4 is 0 Å². The van der Waals surface area contributed by atoms with E-state index in [1.54, 1.807) is 7.11 Å². The van der Waals surface area contributed by atoms with Crippen LogP contribution in [0.4, 0.5) is 0 Å². The monoisotopic (exact) mass is 318 g/mol. The Bertz CT molecular complexity index is 487. The molecule has 2 aliphatic rings. The topological polar surface area (TPSA) is 24.9 Å². The maximum atomic E-state index is 5.50. The molecule has 128 valence electrons. The van der Waals surface area contributed by atoms with Crippen molar-refractivity contribution in [2.75, 3.05) is 47.5 Å². The van der Waals surface area contributed by atoms with Gasteiger partial charge in [-0.05, 0) is 57.5 Å². The van der Waals surface area contributed by atoms with Crippen molar-refractivity contribution in [1.82, 2.24) is 9.80 Å². The second-order valence-electron chi connectivity index (χ2n) is 7.03. The van der Waals surface area contributed by atoms with Crippen LogP contribution < -0.4 is 4.74 Å². The van der Waals surface area contributed by atoms with Crippen LogP contribution in [0.25, 0.3) is 0 Å². The summed E-state index contributed by atoms with van der Waals surface area (Å²) >= 11 is 0. The van der Waals surface area contributed by atoms with Crippen molar-refractivity contribution < 1.29 is 9.47 Å². The summed E-state index contributed by atoms with van der Waals surface area (Å²) in [5.41, 5.74) is 1.58. The van der Waals surface area contributed by atoms with E-state index in [4.69, 9.17) is 9.47 Å². The Hall–Kier alpha value is -1.10. The fourth-order valence-corrected chi connectivity index (χ4v) is 4.28. The normalized spacial score (nSPS) is 29.7. The first-order valence-corrected chi connectivity index (χ1v) is 8.79. The van der Waals surface area contributed by atoms with E-state index in [9.17, 15) is 0 Å². The third-order valence-corrected chi connectivity index (χ3v) is 5.83. The van der Waals surface area contributed by atoms with Gasteiger partial charge in [0.2, 0.25) is 0 Å². The summed E-state index contributed by atoms with van der Waals surface area (Å²) in [6.45, 7) is 3.99. The lowest BCUT2D eigenvalue weighted by atomic mass is 9.73. The molecule has 4 heteroatoms. The number of ether oxygens (including phenoxy) is 2. The number of methoxy groups -OCH3 is 1. The first-order valence-electron chi connectivity index (χ1n) is 8.79. The van der Waals surface area contributed by atoms with Gasteiger partial charge in [-0.3, -0.25) is 9.80 Å². The Morgan fingerprint density at radius 1 is 1.09 bits per heavy atom. The highest BCUT2D eigenvalue weighted by Crippen LogP contribution is 2.42. The zero-order valence-electron chi connectivity index (χ0n) is 14.8. The molecule has 0 atom stereocenters. The molecule has 0 spiro atoms. The molecular formula is C19H30N2O2. The Morgan fingerprint density at radius 3 is 2.22 bits per heavy atom. The smallest absolute Gasteiger partial charge is 0.118 e. The Balaban J connectivity index is 1.72. The molecule has 1 aliphatic heterocycles. The van der Waals surface area contributed by atoms with Gasteiger partial charge in [0.15, 0.2) is 0 Å². The predicted molar refractivity (Wildman–Crippen MR) is 93.0 cm³/mol. The summed E-state index contributed by atoms with van der Waals surface area (Å²) in [5.74, 6) is 0.935. The van der Waals surface area contributed by atoms with Crippen molar-refractivity contribution in [3.05, 3.63) is 29.8 Å². The SMILES string of the molecule is COc1ccc(C2(N(C)C)CCC(N3CCOCC3)CC2)cc1. The summed E-state index contributed by atoms with van der Waals surface area (Å²) in [6, 6.07) is 9.40. The molecule has 0 unspecified atom stereocenters. The molecule has 23 heavy (non-hydrogen) atoms. The van der Waals surface area contributed by atoms with Crippen molar-refractivity contribution in [3.8, 4) is 5.75 Å². The van der Waals surface area contributed by atoms with Gasteiger partial charge in [0.05, 0.1) is 20.3 Å². The largest absolute Gasteiger partial charge is 0.497 e. The maximum Gasteiger partial charge on any atom is 0.118 e. The Labute approximate surface area is 140 Å². The summed E-state index contributed by atoms with van der Waals surface area (Å²) in [7, 11) is 6.17. The third-order valence-electron chi connectivity index (χ3n) is 5.83. The van der Waals surface area contributed by atoms with Gasteiger partial charge in [-0.15, -0.1) is 0 Å². The van der Waals surface area contributed by atoms with Crippen LogP contribution in [0.1, 0.15) is 31.2 Å². The van der Waals surface area contributed by atoms with Gasteiger partial charge >= 0.3 is 0 Å². The molecule has 2 fully saturated rings. The van der Waals surface area contributed by atoms with Crippen molar-refractivity contribution in [1.29, 1.82) is 0 Å². The number of hydrogen-bond donors (Lipinski definition) is 0. The zero-order valence-corrected chi connectivity index (χ0v) is 14.8. The van der Waals surface area contributed by atoms with E-state index in [1.807, 2.05) is 0 Å². The van der Waals surface area contributed by atoms with Gasteiger partial charge in [-0.1, -0.05) is 12.1 Å². The molecule has 1 heterocycles. The first-order chi connectivity index (χ1) is 11.2. The van der Waals surface area contributed by atoms with Crippen LogP contribution in [0.3, 0.4) is 0 Å². The highest BCUT2D eigenvalue weighted by molar-refractivity contribution is 5.32. The minimum absolute atomic E-state index is 0.162. The minimum Gasteiger partial charge on any atom is -0.497 e. The van der Waals surface area contributed by atoms with Crippen LogP contribution in [-0.4, -0.2) is 63.4 Å². The van der Waals surface area contributed by atoms with E-state index in [0.717, 1.165) is 38.1 Å². The van der Waals surface area contributed by atoms with Crippen LogP contribution >= 0.6 is 0 Å². The summed E-state index contributed by atoms with van der Waals surface area (Å²) in [6.07, 6.45) is 4.97. The highest BCUT2D eigenvalue weighted by atomic mass is 16.5. The third kappa shape index (κ3) is 3.39. The lowest BCUT2D eigenvalue weighted by molar-refractivity contribution is -0.0112. The molecule has 0 amide bonds. The number of rotatable bonds is 4. The second-order valence-corrected chi connectivity index (χ2v) is 7.03. The quantitative estimate of drug-likeness (QED) is 0.852. The fraction of sp³-hybridized carbons (Fsp3) is 0.684. The number of morpholine rings is 1. The standard InChI is InChI=1S/C19H30N2O2/c1-20(2)19(16-4-6-18(22-3)7-5-16)10-8-17(9-11-19)21-12-14-23-15-13-21/h4-7,17H,8-15H2,1-3H3. The van der Waals surface area contributed by atoms with E-state index in [1.165, 1.54) is 31.2 Å². The molecule has 1 saturated heterocycles. The van der Waals surface area contributed by atoms with Gasteiger partial charge in [0, 0.05) is 24.7 Å². The molecule has 1 aliphatic carbocycles. The number of hydrogen-bond acceptors (Lipinski definition) is 4. The lowest BCUT2D eigenvalue weighted by Crippen LogP contribution is -2.51. The molecule has 0 aromatic heterocycles. The zero-order chi connectivity index (χ0) is 16.3. The van der Waals surface area contributed by atoms with E-state index >= 15 is 0 Å². The average Bonchev–Trinajstić information content (AvgIpc) is 2.62. The van der Waals surface area contributed by atoms with E-state index in [-0.39, 0.29) is 5.54 Å². The molecular weight excluding hydrogens is 288 g/mol. The van der Waals surface area contributed by atoms with Crippen molar-refractivity contribution in [3.63, 3.8) is 0 Å². The first kappa shape index (κ1) is 16.7. The van der Waals surface area contributed by atoms with Gasteiger partial charge in [0.1, 0.15) is 5.75 Å². The second kappa shape index (κ2) is 7.20. The summed E-state index contributed by atoms with van der Waals surface area (Å²) in [4.78, 5) is 5.06. The van der Waals surface area contributed by atoms with E-state index < -0.39 is 0 Å². The molecule has 0 bridgehead atoms. The summed E-state index contributed by atoms with van der Waals surface area (Å²) in [5, 5.41) is 0. The molecule has 0 radical (unpaired) electrons. The molecule has 1 aromatic carbocycles. The predicted octanol–water partition coefficient (Wildman–Crippen LogP) is 2.73. The van der Waals surface area contributed by atoms with Gasteiger partial charge in [0.25, 0.3) is 0 Å². The van der Waals surface area contributed by atoms with Gasteiger partial charge in [-0.2, -0.15) is 0 Å². The molecule has 0 N–H and O–H groups in total. The molecule has 1 aromatic rings. The van der Waals surface area contributed by atoms with Crippen LogP contribution in [0.2, 0.25) is 0 Å². The number of benzene rings is 1. The van der Waals surface area contributed by atoms with Crippen LogP contribution in [0, 0.1) is 0 Å². The minimum atomic E-state index is 0.162. The Morgan fingerprint density at radius 2 is 1.70 bits per heavy atom. The average molecular weight is 318 g/mol. The molecule has 3 rings (SSSR count). The van der Waals surface area contributed by atoms with Crippen LogP contribution in [-0.2, 0) is 10.3 Å². The Kier molecular flexibility index (Phi) is 5.24. The molecule has 4 nitrogen and oxygen atoms in total. The van der Waals surface area contributed by atoms with E-state index in [0.29, 0.717) is 0 Å².